The van der Waals surface area contributed by atoms with Gasteiger partial charge in [-0.3, -0.25) is 10.1 Å². The molecule has 0 radical (unpaired) electrons. The van der Waals surface area contributed by atoms with Crippen LogP contribution in [0.4, 0.5) is 23.7 Å². The molecule has 9 heteroatoms. The molecule has 2 aromatic rings. The highest BCUT2D eigenvalue weighted by atomic mass is 19.4. The zero-order valence-corrected chi connectivity index (χ0v) is 14.2. The monoisotopic (exact) mass is 367 g/mol. The number of amides is 1. The second kappa shape index (κ2) is 7.11. The Balaban J connectivity index is 2.33. The Morgan fingerprint density at radius 3 is 2.27 bits per heavy atom. The summed E-state index contributed by atoms with van der Waals surface area (Å²) in [5.41, 5.74) is 0.301. The third-order valence-corrected chi connectivity index (χ3v) is 3.04. The molecule has 1 aromatic heterocycles. The van der Waals surface area contributed by atoms with Gasteiger partial charge in [0.1, 0.15) is 5.60 Å². The van der Waals surface area contributed by atoms with E-state index in [0.717, 1.165) is 12.4 Å². The molecule has 1 heterocycles. The van der Waals surface area contributed by atoms with Crippen molar-refractivity contribution in [2.24, 2.45) is 0 Å². The van der Waals surface area contributed by atoms with Crippen molar-refractivity contribution in [2.45, 2.75) is 32.5 Å². The Morgan fingerprint density at radius 2 is 1.77 bits per heavy atom. The number of nitrogens with one attached hydrogen (secondary N) is 1. The molecule has 0 aliphatic heterocycles. The molecule has 0 saturated heterocycles. The largest absolute Gasteiger partial charge is 0.451 e. The van der Waals surface area contributed by atoms with Crippen LogP contribution in [0.2, 0.25) is 0 Å². The van der Waals surface area contributed by atoms with Gasteiger partial charge in [-0.1, -0.05) is 0 Å². The molecule has 0 saturated carbocycles. The molecule has 2 rings (SSSR count). The molecule has 6 nitrogen and oxygen atoms in total. The van der Waals surface area contributed by atoms with E-state index in [2.05, 4.69) is 15.3 Å². The third kappa shape index (κ3) is 5.01. The zero-order valence-electron chi connectivity index (χ0n) is 14.2. The minimum atomic E-state index is -4.66. The average molecular weight is 367 g/mol. The lowest BCUT2D eigenvalue weighted by atomic mass is 10.0. The van der Waals surface area contributed by atoms with E-state index in [4.69, 9.17) is 4.74 Å². The molecule has 0 bridgehead atoms. The average Bonchev–Trinajstić information content (AvgIpc) is 2.52. The number of hydrogen-bond donors (Lipinski definition) is 1. The van der Waals surface area contributed by atoms with Gasteiger partial charge in [0.25, 0.3) is 0 Å². The summed E-state index contributed by atoms with van der Waals surface area (Å²) >= 11 is 0. The first-order valence-electron chi connectivity index (χ1n) is 7.48. The smallest absolute Gasteiger partial charge is 0.444 e. The SMILES string of the molecule is CC(C)(C)OC(=O)Nc1ccc(C=O)c(-c2cnc(C(F)(F)F)nc2)c1. The van der Waals surface area contributed by atoms with Gasteiger partial charge in [-0.25, -0.2) is 14.8 Å². The van der Waals surface area contributed by atoms with Gasteiger partial charge in [-0.05, 0) is 44.5 Å². The van der Waals surface area contributed by atoms with Crippen molar-refractivity contribution in [3.63, 3.8) is 0 Å². The molecule has 0 spiro atoms. The van der Waals surface area contributed by atoms with Crippen molar-refractivity contribution < 1.29 is 27.5 Å². The van der Waals surface area contributed by atoms with Gasteiger partial charge < -0.3 is 4.74 Å². The normalized spacial score (nSPS) is 11.8. The van der Waals surface area contributed by atoms with Crippen molar-refractivity contribution >= 4 is 18.1 Å². The first-order valence-corrected chi connectivity index (χ1v) is 7.48. The van der Waals surface area contributed by atoms with Crippen molar-refractivity contribution in [3.05, 3.63) is 42.0 Å². The fourth-order valence-corrected chi connectivity index (χ4v) is 2.02. The number of alkyl halides is 3. The number of benzene rings is 1. The highest BCUT2D eigenvalue weighted by Crippen LogP contribution is 2.29. The fraction of sp³-hybridized carbons (Fsp3) is 0.294. The van der Waals surface area contributed by atoms with Gasteiger partial charge >= 0.3 is 12.3 Å². The van der Waals surface area contributed by atoms with Crippen LogP contribution in [0, 0.1) is 0 Å². The number of rotatable bonds is 3. The van der Waals surface area contributed by atoms with Crippen molar-refractivity contribution in [1.82, 2.24) is 9.97 Å². The zero-order chi connectivity index (χ0) is 19.5. The second-order valence-corrected chi connectivity index (χ2v) is 6.34. The van der Waals surface area contributed by atoms with E-state index >= 15 is 0 Å². The van der Waals surface area contributed by atoms with Gasteiger partial charge in [-0.15, -0.1) is 0 Å². The summed E-state index contributed by atoms with van der Waals surface area (Å²) in [6.07, 6.45) is -2.88. The maximum absolute atomic E-state index is 12.6. The standard InChI is InChI=1S/C17H16F3N3O3/c1-16(2,3)26-15(25)23-12-5-4-10(9-24)13(6-12)11-7-21-14(22-8-11)17(18,19)20/h4-9H,1-3H3,(H,23,25). The fourth-order valence-electron chi connectivity index (χ4n) is 2.02. The Labute approximate surface area is 147 Å². The summed E-state index contributed by atoms with van der Waals surface area (Å²) in [5.74, 6) is -1.28. The minimum Gasteiger partial charge on any atom is -0.444 e. The maximum Gasteiger partial charge on any atom is 0.451 e. The Hall–Kier alpha value is -2.97. The number of halogens is 3. The molecule has 1 N–H and O–H groups in total. The number of anilines is 1. The van der Waals surface area contributed by atoms with Crippen LogP contribution < -0.4 is 5.32 Å². The number of carbonyl (C=O) groups excluding carboxylic acids is 2. The number of hydrogen-bond acceptors (Lipinski definition) is 5. The van der Waals surface area contributed by atoms with Gasteiger partial charge in [0.05, 0.1) is 0 Å². The van der Waals surface area contributed by atoms with Crippen LogP contribution in [-0.2, 0) is 10.9 Å². The predicted octanol–water partition coefficient (Wildman–Crippen LogP) is 4.32. The van der Waals surface area contributed by atoms with Crippen LogP contribution in [-0.4, -0.2) is 27.9 Å². The van der Waals surface area contributed by atoms with Crippen LogP contribution in [0.1, 0.15) is 37.0 Å². The second-order valence-electron chi connectivity index (χ2n) is 6.34. The summed E-state index contributed by atoms with van der Waals surface area (Å²) in [6, 6.07) is 4.33. The lowest BCUT2D eigenvalue weighted by molar-refractivity contribution is -0.145. The van der Waals surface area contributed by atoms with Gasteiger partial charge in [-0.2, -0.15) is 13.2 Å². The van der Waals surface area contributed by atoms with E-state index in [1.807, 2.05) is 0 Å². The summed E-state index contributed by atoms with van der Waals surface area (Å²) in [7, 11) is 0. The van der Waals surface area contributed by atoms with Crippen LogP contribution in [0.3, 0.4) is 0 Å². The van der Waals surface area contributed by atoms with E-state index < -0.39 is 23.7 Å². The highest BCUT2D eigenvalue weighted by molar-refractivity contribution is 5.92. The van der Waals surface area contributed by atoms with E-state index in [1.165, 1.54) is 18.2 Å². The molecule has 1 amide bonds. The van der Waals surface area contributed by atoms with E-state index in [9.17, 15) is 22.8 Å². The summed E-state index contributed by atoms with van der Waals surface area (Å²) in [5, 5.41) is 2.50. The van der Waals surface area contributed by atoms with Crippen molar-refractivity contribution in [3.8, 4) is 11.1 Å². The van der Waals surface area contributed by atoms with E-state index in [-0.39, 0.29) is 16.7 Å². The molecule has 0 atom stereocenters. The molecule has 26 heavy (non-hydrogen) atoms. The van der Waals surface area contributed by atoms with Crippen LogP contribution in [0.5, 0.6) is 0 Å². The third-order valence-electron chi connectivity index (χ3n) is 3.04. The molecule has 0 aliphatic rings. The number of nitrogens with zero attached hydrogens (tertiary/aromatic N) is 2. The van der Waals surface area contributed by atoms with Gasteiger partial charge in [0.2, 0.25) is 5.82 Å². The van der Waals surface area contributed by atoms with Gasteiger partial charge in [0, 0.05) is 29.2 Å². The Kier molecular flexibility index (Phi) is 5.29. The number of aldehydes is 1. The molecular weight excluding hydrogens is 351 g/mol. The van der Waals surface area contributed by atoms with Crippen LogP contribution >= 0.6 is 0 Å². The Morgan fingerprint density at radius 1 is 1.15 bits per heavy atom. The molecule has 1 aromatic carbocycles. The minimum absolute atomic E-state index is 0.202. The van der Waals surface area contributed by atoms with E-state index in [1.54, 1.807) is 20.8 Å². The number of aromatic nitrogens is 2. The molecular formula is C17H16F3N3O3. The molecule has 0 aliphatic carbocycles. The first kappa shape index (κ1) is 19.4. The molecule has 0 unspecified atom stereocenters. The first-order chi connectivity index (χ1) is 12.0. The summed E-state index contributed by atoms with van der Waals surface area (Å²) in [4.78, 5) is 29.6. The van der Waals surface area contributed by atoms with Crippen LogP contribution in [0.25, 0.3) is 11.1 Å². The quantitative estimate of drug-likeness (QED) is 0.817. The highest BCUT2D eigenvalue weighted by Gasteiger charge is 2.34. The summed E-state index contributed by atoms with van der Waals surface area (Å²) < 4.78 is 42.8. The topological polar surface area (TPSA) is 81.2 Å². The lowest BCUT2D eigenvalue weighted by Crippen LogP contribution is -2.27. The summed E-state index contributed by atoms with van der Waals surface area (Å²) in [6.45, 7) is 5.10. The molecule has 0 fully saturated rings. The van der Waals surface area contributed by atoms with Crippen molar-refractivity contribution in [1.29, 1.82) is 0 Å². The predicted molar refractivity (Wildman–Crippen MR) is 87.7 cm³/mol. The van der Waals surface area contributed by atoms with Gasteiger partial charge in [0.15, 0.2) is 6.29 Å². The number of carbonyl (C=O) groups is 2. The number of ether oxygens (including phenoxy) is 1. The maximum atomic E-state index is 12.6. The van der Waals surface area contributed by atoms with E-state index in [0.29, 0.717) is 12.0 Å². The lowest BCUT2D eigenvalue weighted by Gasteiger charge is -2.20. The van der Waals surface area contributed by atoms with Crippen molar-refractivity contribution in [2.75, 3.05) is 5.32 Å². The molecule has 138 valence electrons. The van der Waals surface area contributed by atoms with Crippen LogP contribution in [0.15, 0.2) is 30.6 Å². The Bertz CT molecular complexity index is 813.